The lowest BCUT2D eigenvalue weighted by Gasteiger charge is -2.36. The Morgan fingerprint density at radius 3 is 2.52 bits per heavy atom. The molecular formula is C16H20N4S. The molecule has 2 aromatic rings. The summed E-state index contributed by atoms with van der Waals surface area (Å²) in [5.74, 6) is 0. The third-order valence-electron chi connectivity index (χ3n) is 4.87. The second kappa shape index (κ2) is 5.39. The van der Waals surface area contributed by atoms with Crippen molar-refractivity contribution in [3.8, 4) is 10.6 Å². The van der Waals surface area contributed by atoms with E-state index < -0.39 is 0 Å². The lowest BCUT2D eigenvalue weighted by molar-refractivity contribution is 0.169. The van der Waals surface area contributed by atoms with Crippen LogP contribution in [0, 0.1) is 0 Å². The molecule has 4 nitrogen and oxygen atoms in total. The summed E-state index contributed by atoms with van der Waals surface area (Å²) < 4.78 is 0. The molecule has 2 unspecified atom stereocenters. The van der Waals surface area contributed by atoms with Crippen LogP contribution in [0.4, 0.5) is 5.13 Å². The Bertz CT molecular complexity index is 598. The highest BCUT2D eigenvalue weighted by atomic mass is 32.1. The van der Waals surface area contributed by atoms with Crippen molar-refractivity contribution in [3.05, 3.63) is 30.3 Å². The van der Waals surface area contributed by atoms with Crippen molar-refractivity contribution >= 4 is 16.5 Å². The van der Waals surface area contributed by atoms with E-state index in [0.717, 1.165) is 27.8 Å². The molecule has 1 aromatic carbocycles. The fourth-order valence-corrected chi connectivity index (χ4v) is 4.51. The van der Waals surface area contributed by atoms with E-state index in [-0.39, 0.29) is 0 Å². The van der Waals surface area contributed by atoms with Crippen LogP contribution in [0.15, 0.2) is 30.3 Å². The monoisotopic (exact) mass is 300 g/mol. The first kappa shape index (κ1) is 13.2. The standard InChI is InChI=1S/C16H20N4S/c1-20-13-7-8-14(20)10-12(9-13)17-16-19-18-15(21-16)11-5-3-2-4-6-11/h2-6,12-14H,7-10H2,1H3,(H,17,19)/t12?,13-,14?/m0/s1. The third kappa shape index (κ3) is 2.56. The fraction of sp³-hybridized carbons (Fsp3) is 0.500. The van der Waals surface area contributed by atoms with Gasteiger partial charge in [-0.05, 0) is 32.7 Å². The number of hydrogen-bond acceptors (Lipinski definition) is 5. The van der Waals surface area contributed by atoms with Gasteiger partial charge in [0.15, 0.2) is 0 Å². The van der Waals surface area contributed by atoms with E-state index in [2.05, 4.69) is 39.6 Å². The third-order valence-corrected chi connectivity index (χ3v) is 5.78. The Morgan fingerprint density at radius 2 is 1.81 bits per heavy atom. The van der Waals surface area contributed by atoms with Gasteiger partial charge in [-0.3, -0.25) is 0 Å². The summed E-state index contributed by atoms with van der Waals surface area (Å²) in [6, 6.07) is 12.3. The topological polar surface area (TPSA) is 41.0 Å². The number of benzene rings is 1. The molecule has 110 valence electrons. The number of rotatable bonds is 3. The average molecular weight is 300 g/mol. The SMILES string of the molecule is CN1C2CC[C@H]1CC(Nc1nnc(-c3ccccc3)s1)C2. The summed E-state index contributed by atoms with van der Waals surface area (Å²) in [5, 5.41) is 14.2. The molecule has 2 aliphatic heterocycles. The van der Waals surface area contributed by atoms with Crippen molar-refractivity contribution in [2.75, 3.05) is 12.4 Å². The summed E-state index contributed by atoms with van der Waals surface area (Å²) in [5.41, 5.74) is 1.14. The Hall–Kier alpha value is -1.46. The molecule has 3 heterocycles. The average Bonchev–Trinajstić information content (AvgIpc) is 3.03. The van der Waals surface area contributed by atoms with Gasteiger partial charge in [-0.25, -0.2) is 0 Å². The summed E-state index contributed by atoms with van der Waals surface area (Å²) in [7, 11) is 2.27. The molecule has 2 fully saturated rings. The normalized spacial score (nSPS) is 28.7. The number of fused-ring (bicyclic) bond motifs is 2. The number of nitrogens with zero attached hydrogens (tertiary/aromatic N) is 3. The van der Waals surface area contributed by atoms with Crippen LogP contribution in [0.3, 0.4) is 0 Å². The number of piperidine rings is 1. The molecule has 0 spiro atoms. The zero-order chi connectivity index (χ0) is 14.2. The largest absolute Gasteiger partial charge is 0.357 e. The van der Waals surface area contributed by atoms with Crippen LogP contribution in [0.25, 0.3) is 10.6 Å². The van der Waals surface area contributed by atoms with Crippen LogP contribution in [-0.2, 0) is 0 Å². The molecule has 0 amide bonds. The van der Waals surface area contributed by atoms with Gasteiger partial charge in [-0.2, -0.15) is 0 Å². The molecule has 2 aliphatic rings. The van der Waals surface area contributed by atoms with E-state index >= 15 is 0 Å². The van der Waals surface area contributed by atoms with Crippen molar-refractivity contribution in [2.24, 2.45) is 0 Å². The zero-order valence-electron chi connectivity index (χ0n) is 12.2. The molecule has 2 bridgehead atoms. The highest BCUT2D eigenvalue weighted by molar-refractivity contribution is 7.18. The minimum atomic E-state index is 0.551. The maximum Gasteiger partial charge on any atom is 0.206 e. The molecule has 0 aliphatic carbocycles. The van der Waals surface area contributed by atoms with Crippen molar-refractivity contribution < 1.29 is 0 Å². The Labute approximate surface area is 129 Å². The van der Waals surface area contributed by atoms with E-state index in [1.54, 1.807) is 11.3 Å². The minimum absolute atomic E-state index is 0.551. The second-order valence-corrected chi connectivity index (χ2v) is 7.12. The summed E-state index contributed by atoms with van der Waals surface area (Å²) in [4.78, 5) is 2.56. The van der Waals surface area contributed by atoms with Crippen LogP contribution >= 0.6 is 11.3 Å². The predicted molar refractivity (Wildman–Crippen MR) is 86.6 cm³/mol. The Kier molecular flexibility index (Phi) is 3.39. The first-order valence-corrected chi connectivity index (χ1v) is 8.48. The maximum atomic E-state index is 4.32. The summed E-state index contributed by atoms with van der Waals surface area (Å²) >= 11 is 1.66. The summed E-state index contributed by atoms with van der Waals surface area (Å²) in [6.07, 6.45) is 5.16. The molecule has 1 N–H and O–H groups in total. The lowest BCUT2D eigenvalue weighted by atomic mass is 9.98. The molecule has 0 radical (unpaired) electrons. The molecule has 1 aromatic heterocycles. The van der Waals surface area contributed by atoms with Crippen LogP contribution < -0.4 is 5.32 Å². The van der Waals surface area contributed by atoms with Gasteiger partial charge in [0.2, 0.25) is 5.13 Å². The quantitative estimate of drug-likeness (QED) is 0.945. The van der Waals surface area contributed by atoms with Crippen LogP contribution in [0.1, 0.15) is 25.7 Å². The highest BCUT2D eigenvalue weighted by Gasteiger charge is 2.38. The Morgan fingerprint density at radius 1 is 1.10 bits per heavy atom. The van der Waals surface area contributed by atoms with Gasteiger partial charge in [0.1, 0.15) is 5.01 Å². The van der Waals surface area contributed by atoms with Crippen LogP contribution in [-0.4, -0.2) is 40.3 Å². The van der Waals surface area contributed by atoms with Crippen molar-refractivity contribution in [1.29, 1.82) is 0 Å². The summed E-state index contributed by atoms with van der Waals surface area (Å²) in [6.45, 7) is 0. The first-order chi connectivity index (χ1) is 10.3. The van der Waals surface area contributed by atoms with E-state index in [1.807, 2.05) is 18.2 Å². The molecule has 4 rings (SSSR count). The first-order valence-electron chi connectivity index (χ1n) is 7.67. The lowest BCUT2D eigenvalue weighted by Crippen LogP contribution is -2.44. The minimum Gasteiger partial charge on any atom is -0.357 e. The Balaban J connectivity index is 1.45. The number of hydrogen-bond donors (Lipinski definition) is 1. The maximum absolute atomic E-state index is 4.32. The zero-order valence-corrected chi connectivity index (χ0v) is 13.0. The van der Waals surface area contributed by atoms with Gasteiger partial charge < -0.3 is 10.2 Å². The smallest absolute Gasteiger partial charge is 0.206 e. The van der Waals surface area contributed by atoms with E-state index in [9.17, 15) is 0 Å². The van der Waals surface area contributed by atoms with Gasteiger partial charge in [0, 0.05) is 23.7 Å². The van der Waals surface area contributed by atoms with Crippen LogP contribution in [0.2, 0.25) is 0 Å². The molecule has 0 saturated carbocycles. The van der Waals surface area contributed by atoms with Crippen molar-refractivity contribution in [1.82, 2.24) is 15.1 Å². The highest BCUT2D eigenvalue weighted by Crippen LogP contribution is 2.36. The molecule has 5 heteroatoms. The molecule has 3 atom stereocenters. The van der Waals surface area contributed by atoms with E-state index in [1.165, 1.54) is 25.7 Å². The van der Waals surface area contributed by atoms with Crippen LogP contribution in [0.5, 0.6) is 0 Å². The number of nitrogens with one attached hydrogen (secondary N) is 1. The van der Waals surface area contributed by atoms with Gasteiger partial charge in [0.25, 0.3) is 0 Å². The van der Waals surface area contributed by atoms with Gasteiger partial charge in [0.05, 0.1) is 0 Å². The fourth-order valence-electron chi connectivity index (χ4n) is 3.68. The molecular weight excluding hydrogens is 280 g/mol. The molecule has 2 saturated heterocycles. The molecule has 21 heavy (non-hydrogen) atoms. The predicted octanol–water partition coefficient (Wildman–Crippen LogP) is 3.24. The van der Waals surface area contributed by atoms with Gasteiger partial charge in [-0.1, -0.05) is 41.7 Å². The number of aromatic nitrogens is 2. The number of anilines is 1. The van der Waals surface area contributed by atoms with Gasteiger partial charge >= 0.3 is 0 Å². The van der Waals surface area contributed by atoms with Crippen molar-refractivity contribution in [2.45, 2.75) is 43.8 Å². The second-order valence-electron chi connectivity index (χ2n) is 6.14. The van der Waals surface area contributed by atoms with E-state index in [4.69, 9.17) is 0 Å². The van der Waals surface area contributed by atoms with Crippen molar-refractivity contribution in [3.63, 3.8) is 0 Å². The van der Waals surface area contributed by atoms with Gasteiger partial charge in [-0.15, -0.1) is 10.2 Å². The van der Waals surface area contributed by atoms with E-state index in [0.29, 0.717) is 6.04 Å².